The summed E-state index contributed by atoms with van der Waals surface area (Å²) in [5.41, 5.74) is 0. The van der Waals surface area contributed by atoms with Gasteiger partial charge in [0.15, 0.2) is 0 Å². The van der Waals surface area contributed by atoms with Crippen LogP contribution in [0.4, 0.5) is 0 Å². The number of hydrogen-bond donors (Lipinski definition) is 2. The second-order valence-electron chi connectivity index (χ2n) is 5.06. The zero-order valence-corrected chi connectivity index (χ0v) is 11.9. The highest BCUT2D eigenvalue weighted by Crippen LogP contribution is 2.14. The first-order valence-corrected chi connectivity index (χ1v) is 6.98. The van der Waals surface area contributed by atoms with Gasteiger partial charge in [-0.2, -0.15) is 0 Å². The van der Waals surface area contributed by atoms with Gasteiger partial charge >= 0.3 is 5.97 Å². The summed E-state index contributed by atoms with van der Waals surface area (Å²) in [5.74, 6) is 0.190. The molecule has 0 bridgehead atoms. The molecule has 0 aliphatic rings. The molecule has 106 valence electrons. The van der Waals surface area contributed by atoms with E-state index < -0.39 is 5.97 Å². The van der Waals surface area contributed by atoms with Gasteiger partial charge in [-0.1, -0.05) is 33.6 Å². The summed E-state index contributed by atoms with van der Waals surface area (Å²) in [6.07, 6.45) is 4.36. The second-order valence-corrected chi connectivity index (χ2v) is 5.06. The van der Waals surface area contributed by atoms with Crippen molar-refractivity contribution in [2.45, 2.75) is 59.3 Å². The fourth-order valence-corrected chi connectivity index (χ4v) is 1.83. The third-order valence-electron chi connectivity index (χ3n) is 3.45. The number of aliphatic carboxylic acids is 1. The first-order chi connectivity index (χ1) is 8.49. The van der Waals surface area contributed by atoms with E-state index in [-0.39, 0.29) is 12.3 Å². The lowest BCUT2D eigenvalue weighted by molar-refractivity contribution is -0.137. The fraction of sp³-hybridized carbons (Fsp3) is 0.857. The molecule has 0 aliphatic heterocycles. The van der Waals surface area contributed by atoms with Crippen molar-refractivity contribution in [2.24, 2.45) is 11.8 Å². The molecule has 2 atom stereocenters. The predicted molar refractivity (Wildman–Crippen MR) is 72.3 cm³/mol. The van der Waals surface area contributed by atoms with Crippen LogP contribution in [0.1, 0.15) is 59.3 Å². The standard InChI is InChI=1S/C14H27NO3/c1-4-11(3)10-13(16)15-9-8-12(5-2)6-7-14(17)18/h11-12H,4-10H2,1-3H3,(H,15,16)(H,17,18). The Balaban J connectivity index is 3.72. The number of amides is 1. The SMILES string of the molecule is CCC(C)CC(=O)NCCC(CC)CCC(=O)O. The maximum absolute atomic E-state index is 11.5. The topological polar surface area (TPSA) is 66.4 Å². The molecule has 0 aliphatic carbocycles. The van der Waals surface area contributed by atoms with Gasteiger partial charge in [-0.15, -0.1) is 0 Å². The van der Waals surface area contributed by atoms with Crippen LogP contribution in [0.15, 0.2) is 0 Å². The molecular weight excluding hydrogens is 230 g/mol. The number of rotatable bonds is 10. The van der Waals surface area contributed by atoms with Gasteiger partial charge in [-0.25, -0.2) is 0 Å². The van der Waals surface area contributed by atoms with E-state index in [1.165, 1.54) is 0 Å². The van der Waals surface area contributed by atoms with Crippen molar-refractivity contribution < 1.29 is 14.7 Å². The minimum Gasteiger partial charge on any atom is -0.481 e. The zero-order chi connectivity index (χ0) is 14.0. The van der Waals surface area contributed by atoms with Gasteiger partial charge < -0.3 is 10.4 Å². The average molecular weight is 257 g/mol. The van der Waals surface area contributed by atoms with E-state index >= 15 is 0 Å². The smallest absolute Gasteiger partial charge is 0.303 e. The van der Waals surface area contributed by atoms with Crippen molar-refractivity contribution in [3.63, 3.8) is 0 Å². The Hall–Kier alpha value is -1.06. The summed E-state index contributed by atoms with van der Waals surface area (Å²) in [4.78, 5) is 22.0. The highest BCUT2D eigenvalue weighted by molar-refractivity contribution is 5.76. The minimum atomic E-state index is -0.741. The van der Waals surface area contributed by atoms with Gasteiger partial charge in [0.25, 0.3) is 0 Å². The van der Waals surface area contributed by atoms with Gasteiger partial charge in [0.1, 0.15) is 0 Å². The monoisotopic (exact) mass is 257 g/mol. The Morgan fingerprint density at radius 2 is 1.83 bits per heavy atom. The van der Waals surface area contributed by atoms with E-state index in [0.717, 1.165) is 19.3 Å². The second kappa shape index (κ2) is 9.92. The highest BCUT2D eigenvalue weighted by atomic mass is 16.4. The molecule has 4 nitrogen and oxygen atoms in total. The lowest BCUT2D eigenvalue weighted by Crippen LogP contribution is -2.27. The van der Waals surface area contributed by atoms with Crippen LogP contribution in [0.2, 0.25) is 0 Å². The van der Waals surface area contributed by atoms with E-state index in [1.807, 2.05) is 0 Å². The molecule has 18 heavy (non-hydrogen) atoms. The molecule has 0 fully saturated rings. The molecule has 0 spiro atoms. The van der Waals surface area contributed by atoms with Crippen LogP contribution in [-0.4, -0.2) is 23.5 Å². The maximum Gasteiger partial charge on any atom is 0.303 e. The van der Waals surface area contributed by atoms with E-state index in [2.05, 4.69) is 26.1 Å². The molecule has 2 N–H and O–H groups in total. The number of carbonyl (C=O) groups is 2. The van der Waals surface area contributed by atoms with Gasteiger partial charge in [-0.05, 0) is 24.7 Å². The third-order valence-corrected chi connectivity index (χ3v) is 3.45. The molecule has 0 aromatic carbocycles. The summed E-state index contributed by atoms with van der Waals surface area (Å²) in [6.45, 7) is 6.87. The normalized spacial score (nSPS) is 13.9. The number of nitrogens with one attached hydrogen (secondary N) is 1. The third kappa shape index (κ3) is 9.02. The van der Waals surface area contributed by atoms with Crippen LogP contribution in [0.5, 0.6) is 0 Å². The molecular formula is C14H27NO3. The summed E-state index contributed by atoms with van der Waals surface area (Å²) < 4.78 is 0. The first-order valence-electron chi connectivity index (χ1n) is 6.98. The summed E-state index contributed by atoms with van der Waals surface area (Å²) in [7, 11) is 0. The van der Waals surface area contributed by atoms with Crippen LogP contribution in [-0.2, 0) is 9.59 Å². The van der Waals surface area contributed by atoms with Crippen LogP contribution >= 0.6 is 0 Å². The Kier molecular flexibility index (Phi) is 9.33. The molecule has 0 saturated heterocycles. The van der Waals surface area contributed by atoms with Crippen LogP contribution in [0.3, 0.4) is 0 Å². The van der Waals surface area contributed by atoms with E-state index in [0.29, 0.717) is 31.2 Å². The van der Waals surface area contributed by atoms with Crippen molar-refractivity contribution in [3.8, 4) is 0 Å². The Morgan fingerprint density at radius 3 is 2.33 bits per heavy atom. The van der Waals surface area contributed by atoms with Crippen molar-refractivity contribution in [1.29, 1.82) is 0 Å². The predicted octanol–water partition coefficient (Wildman–Crippen LogP) is 2.82. The fourth-order valence-electron chi connectivity index (χ4n) is 1.83. The zero-order valence-electron chi connectivity index (χ0n) is 11.9. The molecule has 0 aromatic heterocycles. The minimum absolute atomic E-state index is 0.109. The van der Waals surface area contributed by atoms with E-state index in [4.69, 9.17) is 5.11 Å². The number of hydrogen-bond acceptors (Lipinski definition) is 2. The number of carboxylic acid groups (broad SMARTS) is 1. The largest absolute Gasteiger partial charge is 0.481 e. The molecule has 0 radical (unpaired) electrons. The van der Waals surface area contributed by atoms with Crippen LogP contribution in [0.25, 0.3) is 0 Å². The highest BCUT2D eigenvalue weighted by Gasteiger charge is 2.10. The van der Waals surface area contributed by atoms with Gasteiger partial charge in [0.05, 0.1) is 0 Å². The summed E-state index contributed by atoms with van der Waals surface area (Å²) >= 11 is 0. The molecule has 0 heterocycles. The van der Waals surface area contributed by atoms with Crippen LogP contribution < -0.4 is 5.32 Å². The van der Waals surface area contributed by atoms with Gasteiger partial charge in [0.2, 0.25) is 5.91 Å². The van der Waals surface area contributed by atoms with Crippen molar-refractivity contribution in [1.82, 2.24) is 5.32 Å². The number of carboxylic acids is 1. The summed E-state index contributed by atoms with van der Waals surface area (Å²) in [6, 6.07) is 0. The lowest BCUT2D eigenvalue weighted by Gasteiger charge is -2.14. The van der Waals surface area contributed by atoms with E-state index in [9.17, 15) is 9.59 Å². The Morgan fingerprint density at radius 1 is 1.17 bits per heavy atom. The number of carbonyl (C=O) groups excluding carboxylic acids is 1. The van der Waals surface area contributed by atoms with E-state index in [1.54, 1.807) is 0 Å². The molecule has 0 aromatic rings. The molecule has 0 rings (SSSR count). The quantitative estimate of drug-likeness (QED) is 0.632. The lowest BCUT2D eigenvalue weighted by atomic mass is 9.96. The Labute approximate surface area is 110 Å². The maximum atomic E-state index is 11.5. The molecule has 4 heteroatoms. The van der Waals surface area contributed by atoms with Gasteiger partial charge in [-0.3, -0.25) is 9.59 Å². The van der Waals surface area contributed by atoms with Crippen molar-refractivity contribution >= 4 is 11.9 Å². The average Bonchev–Trinajstić information content (AvgIpc) is 2.32. The van der Waals surface area contributed by atoms with Crippen LogP contribution in [0, 0.1) is 11.8 Å². The van der Waals surface area contributed by atoms with Gasteiger partial charge in [0, 0.05) is 19.4 Å². The van der Waals surface area contributed by atoms with Crippen molar-refractivity contribution in [2.75, 3.05) is 6.54 Å². The van der Waals surface area contributed by atoms with Crippen molar-refractivity contribution in [3.05, 3.63) is 0 Å². The summed E-state index contributed by atoms with van der Waals surface area (Å²) in [5, 5.41) is 11.5. The first kappa shape index (κ1) is 16.9. The molecule has 2 unspecified atom stereocenters. The molecule has 1 amide bonds. The molecule has 0 saturated carbocycles. The Bertz CT molecular complexity index is 253.